The minimum absolute atomic E-state index is 0.276. The van der Waals surface area contributed by atoms with Crippen LogP contribution < -0.4 is 11.1 Å². The standard InChI is InChI=1S/C13H20N2O2/c14-12-7-5-11(6-8-12)10-15-9-3-1-2-4-13(16)17/h5-8,15H,1-4,9-10,14H2,(H,16,17). The van der Waals surface area contributed by atoms with Crippen molar-refractivity contribution in [2.75, 3.05) is 12.3 Å². The van der Waals surface area contributed by atoms with Crippen LogP contribution in [0.3, 0.4) is 0 Å². The molecule has 1 rings (SSSR count). The van der Waals surface area contributed by atoms with Gasteiger partial charge in [-0.1, -0.05) is 18.6 Å². The van der Waals surface area contributed by atoms with Gasteiger partial charge in [-0.2, -0.15) is 0 Å². The van der Waals surface area contributed by atoms with Gasteiger partial charge in [-0.3, -0.25) is 4.79 Å². The van der Waals surface area contributed by atoms with Gasteiger partial charge in [0.05, 0.1) is 0 Å². The second-order valence-electron chi connectivity index (χ2n) is 4.12. The predicted molar refractivity (Wildman–Crippen MR) is 68.7 cm³/mol. The molecule has 0 aliphatic heterocycles. The molecule has 0 aromatic heterocycles. The molecule has 0 heterocycles. The Hall–Kier alpha value is -1.55. The number of nitrogens with two attached hydrogens (primary N) is 1. The number of carboxylic acid groups (broad SMARTS) is 1. The van der Waals surface area contributed by atoms with Gasteiger partial charge in [0, 0.05) is 18.7 Å². The molecule has 0 fully saturated rings. The number of nitrogen functional groups attached to an aromatic ring is 1. The zero-order chi connectivity index (χ0) is 12.5. The van der Waals surface area contributed by atoms with E-state index in [0.29, 0.717) is 0 Å². The number of aliphatic carboxylic acids is 1. The lowest BCUT2D eigenvalue weighted by molar-refractivity contribution is -0.137. The average molecular weight is 236 g/mol. The third-order valence-corrected chi connectivity index (χ3v) is 2.55. The van der Waals surface area contributed by atoms with Crippen LogP contribution in [0.5, 0.6) is 0 Å². The third-order valence-electron chi connectivity index (χ3n) is 2.55. The Kier molecular flexibility index (Phi) is 6.10. The molecular weight excluding hydrogens is 216 g/mol. The van der Waals surface area contributed by atoms with Crippen LogP contribution in [0.15, 0.2) is 24.3 Å². The van der Waals surface area contributed by atoms with Crippen molar-refractivity contribution in [3.05, 3.63) is 29.8 Å². The molecular formula is C13H20N2O2. The SMILES string of the molecule is Nc1ccc(CNCCCCCC(=O)O)cc1. The number of hydrogen-bond acceptors (Lipinski definition) is 3. The molecule has 0 saturated heterocycles. The number of carbonyl (C=O) groups is 1. The number of unbranched alkanes of at least 4 members (excludes halogenated alkanes) is 2. The van der Waals surface area contributed by atoms with Crippen LogP contribution in [-0.4, -0.2) is 17.6 Å². The van der Waals surface area contributed by atoms with Crippen LogP contribution in [0.4, 0.5) is 5.69 Å². The molecule has 0 aliphatic rings. The summed E-state index contributed by atoms with van der Waals surface area (Å²) in [7, 11) is 0. The summed E-state index contributed by atoms with van der Waals surface area (Å²) in [5.74, 6) is -0.708. The molecule has 0 atom stereocenters. The van der Waals surface area contributed by atoms with E-state index < -0.39 is 5.97 Å². The van der Waals surface area contributed by atoms with Crippen molar-refractivity contribution < 1.29 is 9.90 Å². The number of hydrogen-bond donors (Lipinski definition) is 3. The molecule has 17 heavy (non-hydrogen) atoms. The van der Waals surface area contributed by atoms with Gasteiger partial charge in [0.25, 0.3) is 0 Å². The quantitative estimate of drug-likeness (QED) is 0.476. The van der Waals surface area contributed by atoms with Crippen LogP contribution in [0.2, 0.25) is 0 Å². The highest BCUT2D eigenvalue weighted by molar-refractivity contribution is 5.66. The van der Waals surface area contributed by atoms with Gasteiger partial charge in [0.2, 0.25) is 0 Å². The zero-order valence-corrected chi connectivity index (χ0v) is 9.98. The van der Waals surface area contributed by atoms with Crippen molar-refractivity contribution in [3.63, 3.8) is 0 Å². The summed E-state index contributed by atoms with van der Waals surface area (Å²) in [5.41, 5.74) is 7.59. The van der Waals surface area contributed by atoms with E-state index in [2.05, 4.69) is 5.32 Å². The second kappa shape index (κ2) is 7.68. The molecule has 4 heteroatoms. The molecule has 0 amide bonds. The molecule has 4 nitrogen and oxygen atoms in total. The Morgan fingerprint density at radius 2 is 1.88 bits per heavy atom. The highest BCUT2D eigenvalue weighted by atomic mass is 16.4. The number of nitrogens with one attached hydrogen (secondary N) is 1. The lowest BCUT2D eigenvalue weighted by Crippen LogP contribution is -2.14. The van der Waals surface area contributed by atoms with E-state index in [9.17, 15) is 4.79 Å². The number of rotatable bonds is 8. The maximum absolute atomic E-state index is 10.3. The smallest absolute Gasteiger partial charge is 0.303 e. The molecule has 1 aromatic rings. The van der Waals surface area contributed by atoms with Gasteiger partial charge < -0.3 is 16.2 Å². The maximum Gasteiger partial charge on any atom is 0.303 e. The maximum atomic E-state index is 10.3. The van der Waals surface area contributed by atoms with Crippen molar-refractivity contribution in [2.45, 2.75) is 32.2 Å². The van der Waals surface area contributed by atoms with Crippen molar-refractivity contribution >= 4 is 11.7 Å². The summed E-state index contributed by atoms with van der Waals surface area (Å²) in [6.07, 6.45) is 3.01. The fraction of sp³-hybridized carbons (Fsp3) is 0.462. The van der Waals surface area contributed by atoms with Gasteiger partial charge >= 0.3 is 5.97 Å². The van der Waals surface area contributed by atoms with Gasteiger partial charge in [0.15, 0.2) is 0 Å². The minimum Gasteiger partial charge on any atom is -0.481 e. The fourth-order valence-corrected chi connectivity index (χ4v) is 1.57. The van der Waals surface area contributed by atoms with E-state index in [1.165, 1.54) is 5.56 Å². The van der Waals surface area contributed by atoms with Crippen LogP contribution >= 0.6 is 0 Å². The van der Waals surface area contributed by atoms with E-state index in [-0.39, 0.29) is 6.42 Å². The molecule has 0 spiro atoms. The molecule has 0 saturated carbocycles. The largest absolute Gasteiger partial charge is 0.481 e. The fourth-order valence-electron chi connectivity index (χ4n) is 1.57. The van der Waals surface area contributed by atoms with Crippen molar-refractivity contribution in [3.8, 4) is 0 Å². The Labute approximate surface area is 102 Å². The summed E-state index contributed by atoms with van der Waals surface area (Å²) in [4.78, 5) is 10.3. The summed E-state index contributed by atoms with van der Waals surface area (Å²) in [6.45, 7) is 1.75. The Morgan fingerprint density at radius 3 is 2.53 bits per heavy atom. The molecule has 4 N–H and O–H groups in total. The first kappa shape index (κ1) is 13.5. The molecule has 0 aliphatic carbocycles. The van der Waals surface area contributed by atoms with Gasteiger partial charge in [-0.25, -0.2) is 0 Å². The molecule has 94 valence electrons. The van der Waals surface area contributed by atoms with Crippen LogP contribution in [0.25, 0.3) is 0 Å². The number of benzene rings is 1. The van der Waals surface area contributed by atoms with Crippen LogP contribution in [0.1, 0.15) is 31.2 Å². The van der Waals surface area contributed by atoms with E-state index >= 15 is 0 Å². The zero-order valence-electron chi connectivity index (χ0n) is 9.98. The first-order chi connectivity index (χ1) is 8.18. The van der Waals surface area contributed by atoms with Crippen LogP contribution in [-0.2, 0) is 11.3 Å². The Morgan fingerprint density at radius 1 is 1.18 bits per heavy atom. The monoisotopic (exact) mass is 236 g/mol. The van der Waals surface area contributed by atoms with E-state index in [0.717, 1.165) is 38.0 Å². The van der Waals surface area contributed by atoms with Gasteiger partial charge in [-0.15, -0.1) is 0 Å². The summed E-state index contributed by atoms with van der Waals surface area (Å²) in [5, 5.41) is 11.8. The van der Waals surface area contributed by atoms with E-state index in [4.69, 9.17) is 10.8 Å². The molecule has 1 aromatic carbocycles. The van der Waals surface area contributed by atoms with Crippen molar-refractivity contribution in [1.82, 2.24) is 5.32 Å². The average Bonchev–Trinajstić information content (AvgIpc) is 2.30. The Bertz CT molecular complexity index is 336. The first-order valence-corrected chi connectivity index (χ1v) is 5.95. The van der Waals surface area contributed by atoms with E-state index in [1.54, 1.807) is 0 Å². The highest BCUT2D eigenvalue weighted by Gasteiger charge is 1.96. The summed E-state index contributed by atoms with van der Waals surface area (Å²) >= 11 is 0. The lowest BCUT2D eigenvalue weighted by atomic mass is 10.2. The molecule has 0 bridgehead atoms. The normalized spacial score (nSPS) is 10.4. The molecule has 0 unspecified atom stereocenters. The topological polar surface area (TPSA) is 75.3 Å². The van der Waals surface area contributed by atoms with Crippen molar-refractivity contribution in [2.24, 2.45) is 0 Å². The van der Waals surface area contributed by atoms with Crippen LogP contribution in [0, 0.1) is 0 Å². The number of carboxylic acids is 1. The summed E-state index contributed by atoms with van der Waals surface area (Å²) < 4.78 is 0. The first-order valence-electron chi connectivity index (χ1n) is 5.95. The predicted octanol–water partition coefficient (Wildman–Crippen LogP) is 2.00. The van der Waals surface area contributed by atoms with Crippen molar-refractivity contribution in [1.29, 1.82) is 0 Å². The second-order valence-corrected chi connectivity index (χ2v) is 4.12. The van der Waals surface area contributed by atoms with Gasteiger partial charge in [0.1, 0.15) is 0 Å². The number of anilines is 1. The highest BCUT2D eigenvalue weighted by Crippen LogP contribution is 2.05. The Balaban J connectivity index is 2.01. The molecule has 0 radical (unpaired) electrons. The minimum atomic E-state index is -0.708. The summed E-state index contributed by atoms with van der Waals surface area (Å²) in [6, 6.07) is 7.80. The lowest BCUT2D eigenvalue weighted by Gasteiger charge is -2.05. The van der Waals surface area contributed by atoms with Gasteiger partial charge in [-0.05, 0) is 37.1 Å². The van der Waals surface area contributed by atoms with E-state index in [1.807, 2.05) is 24.3 Å². The third kappa shape index (κ3) is 6.58.